The maximum absolute atomic E-state index is 14.5. The number of nitrogens with zero attached hydrogens (tertiary/aromatic N) is 6. The molecule has 0 aromatic heterocycles. The number of rotatable bonds is 22. The largest absolute Gasteiger partial charge is 0.497 e. The predicted molar refractivity (Wildman–Crippen MR) is 241 cm³/mol. The molecule has 6 atom stereocenters. The van der Waals surface area contributed by atoms with Crippen molar-refractivity contribution in [3.05, 3.63) is 99.6 Å². The number of hydrogen-bond acceptors (Lipinski definition) is 15. The lowest BCUT2D eigenvalue weighted by atomic mass is 10.1. The molecular formula is C37H47F3N20O10. The fraction of sp³-hybridized carbons (Fsp3) is 0.243. The van der Waals surface area contributed by atoms with Crippen LogP contribution in [0.4, 0.5) is 24.5 Å². The van der Waals surface area contributed by atoms with E-state index in [-0.39, 0.29) is 17.2 Å². The molecule has 0 radical (unpaired) electrons. The molecule has 0 aliphatic rings. The number of amides is 6. The zero-order valence-corrected chi connectivity index (χ0v) is 36.2. The third-order valence-electron chi connectivity index (χ3n) is 8.77. The number of alkyl halides is 3. The van der Waals surface area contributed by atoms with Gasteiger partial charge in [0.1, 0.15) is 11.8 Å². The number of aliphatic imine (C=N–C) groups is 4. The van der Waals surface area contributed by atoms with E-state index in [4.69, 9.17) is 56.3 Å². The Balaban J connectivity index is 2.03. The lowest BCUT2D eigenvalue weighted by Crippen LogP contribution is -2.58. The van der Waals surface area contributed by atoms with Crippen LogP contribution in [0, 0.1) is 10.1 Å². The van der Waals surface area contributed by atoms with Crippen molar-refractivity contribution < 1.29 is 56.7 Å². The average molecular weight is 989 g/mol. The van der Waals surface area contributed by atoms with Crippen molar-refractivity contribution in [3.8, 4) is 5.75 Å². The van der Waals surface area contributed by atoms with Gasteiger partial charge in [-0.15, -0.1) is 0 Å². The van der Waals surface area contributed by atoms with Gasteiger partial charge in [0.2, 0.25) is 36.8 Å². The number of non-ortho nitro benzene ring substituents is 1. The number of carbonyl (C=O) groups is 6. The van der Waals surface area contributed by atoms with Crippen molar-refractivity contribution in [2.45, 2.75) is 49.7 Å². The fourth-order valence-corrected chi connectivity index (χ4v) is 5.74. The topological polar surface area (TPSA) is 522 Å². The number of halogens is 3. The van der Waals surface area contributed by atoms with E-state index in [0.717, 1.165) is 0 Å². The molecule has 0 spiro atoms. The second kappa shape index (κ2) is 24.2. The molecule has 0 saturated heterocycles. The van der Waals surface area contributed by atoms with Crippen LogP contribution in [-0.4, -0.2) is 107 Å². The zero-order chi connectivity index (χ0) is 52.6. The van der Waals surface area contributed by atoms with Crippen molar-refractivity contribution in [1.82, 2.24) is 26.6 Å². The Labute approximate surface area is 392 Å². The Hall–Kier alpha value is -9.69. The summed E-state index contributed by atoms with van der Waals surface area (Å²) in [5.74, 6) is -11.4. The first-order valence-corrected chi connectivity index (χ1v) is 19.4. The van der Waals surface area contributed by atoms with E-state index >= 15 is 0 Å². The van der Waals surface area contributed by atoms with E-state index < -0.39 is 131 Å². The highest BCUT2D eigenvalue weighted by Gasteiger charge is 2.40. The minimum atomic E-state index is -5.28. The number of nitro benzene ring substituents is 1. The van der Waals surface area contributed by atoms with Crippen LogP contribution in [0.2, 0.25) is 0 Å². The SMILES string of the molecule is COc1ccc(CN(c2ccc([N+](=O)[O-])cc2C(F)(F)F)C(O)C(=O)NC(C(=O)NC(N=C(N)N)C(=O)NC(N=C(N)N)C(=O)NC(N=C(N)N)C(=O)NC(N=C(N)N)C(N)=O)c2ccccc2)cc1. The highest BCUT2D eigenvalue weighted by atomic mass is 19.4. The number of nitro groups is 1. The smallest absolute Gasteiger partial charge is 0.418 e. The number of aliphatic hydroxyl groups is 1. The molecule has 6 amide bonds. The molecule has 376 valence electrons. The van der Waals surface area contributed by atoms with Gasteiger partial charge in [0.25, 0.3) is 35.2 Å². The van der Waals surface area contributed by atoms with Crippen LogP contribution in [-0.2, 0) is 41.5 Å². The number of hydrogen-bond donors (Lipinski definition) is 15. The molecule has 3 aromatic carbocycles. The van der Waals surface area contributed by atoms with Gasteiger partial charge in [-0.3, -0.25) is 38.9 Å². The monoisotopic (exact) mass is 988 g/mol. The molecule has 0 saturated carbocycles. The molecule has 24 N–H and O–H groups in total. The first kappa shape index (κ1) is 54.6. The molecule has 33 heteroatoms. The number of guanidine groups is 4. The predicted octanol–water partition coefficient (Wildman–Crippen LogP) is -5.85. The van der Waals surface area contributed by atoms with Crippen LogP contribution in [0.5, 0.6) is 5.75 Å². The number of carbonyl (C=O) groups excluding carboxylic acids is 6. The standard InChI is InChI=1S/C37H47F3N20O10/c1-70-18-10-7-15(8-11-18)14-59(20-12-9-17(60(68)69)13-19(20)37(38,39)40)32(67)31(66)50-21(16-5-3-2-4-6-16)27(62)52-24(56-34(44)45)29(64)54-26(58-36(48)49)30(65)53-25(57-35(46)47)28(63)51-23(22(41)61)55-33(42)43/h2-13,21,23-26,32,67H,14H2,1H3,(H2,41,61)(H,50,66)(H,51,63)(H,52,62)(H,53,65)(H,54,64)(H4,42,43,55)(H4,44,45,56)(H4,46,47,57)(H4,48,49,58). The molecule has 0 aliphatic heterocycles. The molecule has 3 aromatic rings. The number of nitrogens with two attached hydrogens (primary N) is 9. The van der Waals surface area contributed by atoms with Gasteiger partial charge in [0.15, 0.2) is 23.8 Å². The minimum Gasteiger partial charge on any atom is -0.497 e. The highest BCUT2D eigenvalue weighted by molar-refractivity contribution is 5.99. The Bertz CT molecular complexity index is 2530. The van der Waals surface area contributed by atoms with Crippen molar-refractivity contribution >= 4 is 70.7 Å². The Morgan fingerprint density at radius 2 is 1.10 bits per heavy atom. The van der Waals surface area contributed by atoms with E-state index in [1.807, 2.05) is 16.0 Å². The van der Waals surface area contributed by atoms with Crippen molar-refractivity contribution in [2.24, 2.45) is 71.6 Å². The van der Waals surface area contributed by atoms with Gasteiger partial charge in [-0.25, -0.2) is 20.0 Å². The first-order chi connectivity index (χ1) is 32.7. The number of aliphatic hydroxyl groups excluding tert-OH is 1. The number of benzene rings is 3. The number of nitrogens with one attached hydrogen (secondary N) is 5. The Morgan fingerprint density at radius 3 is 1.51 bits per heavy atom. The summed E-state index contributed by atoms with van der Waals surface area (Å²) in [4.78, 5) is 105. The van der Waals surface area contributed by atoms with Crippen molar-refractivity contribution in [1.29, 1.82) is 0 Å². The number of primary amides is 1. The summed E-state index contributed by atoms with van der Waals surface area (Å²) >= 11 is 0. The second-order valence-corrected chi connectivity index (χ2v) is 13.9. The van der Waals surface area contributed by atoms with Crippen molar-refractivity contribution in [3.63, 3.8) is 0 Å². The van der Waals surface area contributed by atoms with E-state index in [9.17, 15) is 57.2 Å². The molecule has 30 nitrogen and oxygen atoms in total. The molecule has 0 aliphatic carbocycles. The minimum absolute atomic E-state index is 0.0716. The van der Waals surface area contributed by atoms with E-state index in [0.29, 0.717) is 22.8 Å². The van der Waals surface area contributed by atoms with Gasteiger partial charge in [-0.2, -0.15) is 13.2 Å². The fourth-order valence-electron chi connectivity index (χ4n) is 5.74. The van der Waals surface area contributed by atoms with Crippen LogP contribution >= 0.6 is 0 Å². The summed E-state index contributed by atoms with van der Waals surface area (Å²) in [6.45, 7) is -0.651. The summed E-state index contributed by atoms with van der Waals surface area (Å²) in [7, 11) is 1.34. The molecule has 6 unspecified atom stereocenters. The highest BCUT2D eigenvalue weighted by Crippen LogP contribution is 2.40. The summed E-state index contributed by atoms with van der Waals surface area (Å²) < 4.78 is 48.7. The van der Waals surface area contributed by atoms with Crippen molar-refractivity contribution in [2.75, 3.05) is 12.0 Å². The summed E-state index contributed by atoms with van der Waals surface area (Å²) in [5, 5.41) is 33.3. The van der Waals surface area contributed by atoms with E-state index in [1.165, 1.54) is 61.7 Å². The third-order valence-corrected chi connectivity index (χ3v) is 8.77. The number of ether oxygens (including phenoxy) is 1. The lowest BCUT2D eigenvalue weighted by Gasteiger charge is -2.32. The molecule has 70 heavy (non-hydrogen) atoms. The second-order valence-electron chi connectivity index (χ2n) is 13.9. The maximum atomic E-state index is 14.5. The van der Waals surface area contributed by atoms with Gasteiger partial charge < -0.3 is 92.9 Å². The molecule has 0 fully saturated rings. The van der Waals surface area contributed by atoms with Gasteiger partial charge in [-0.05, 0) is 29.3 Å². The molecule has 0 heterocycles. The zero-order valence-electron chi connectivity index (χ0n) is 36.2. The van der Waals surface area contributed by atoms with Gasteiger partial charge >= 0.3 is 6.18 Å². The van der Waals surface area contributed by atoms with E-state index in [2.05, 4.69) is 30.6 Å². The van der Waals surface area contributed by atoms with Gasteiger partial charge in [-0.1, -0.05) is 42.5 Å². The molecule has 0 bridgehead atoms. The van der Waals surface area contributed by atoms with E-state index in [1.54, 1.807) is 0 Å². The van der Waals surface area contributed by atoms with Crippen LogP contribution in [0.15, 0.2) is 92.8 Å². The quantitative estimate of drug-likeness (QED) is 0.0147. The Morgan fingerprint density at radius 1 is 0.657 bits per heavy atom. The van der Waals surface area contributed by atoms with Crippen LogP contribution < -0.4 is 87.8 Å². The normalized spacial score (nSPS) is 13.3. The number of anilines is 1. The van der Waals surface area contributed by atoms with Gasteiger partial charge in [0.05, 0.1) is 23.3 Å². The number of methoxy groups -OCH3 is 1. The summed E-state index contributed by atoms with van der Waals surface area (Å²) in [6, 6.07) is 12.1. The molecule has 3 rings (SSSR count). The van der Waals surface area contributed by atoms with Gasteiger partial charge in [0, 0.05) is 18.7 Å². The lowest BCUT2D eigenvalue weighted by molar-refractivity contribution is -0.385. The maximum Gasteiger partial charge on any atom is 0.418 e. The van der Waals surface area contributed by atoms with Crippen LogP contribution in [0.1, 0.15) is 22.7 Å². The summed E-state index contributed by atoms with van der Waals surface area (Å²) in [5.41, 5.74) is 45.1. The third kappa shape index (κ3) is 16.0. The summed E-state index contributed by atoms with van der Waals surface area (Å²) in [6.07, 6.45) is -16.4. The molecular weight excluding hydrogens is 942 g/mol. The average Bonchev–Trinajstić information content (AvgIpc) is 3.27. The van der Waals surface area contributed by atoms with Crippen LogP contribution in [0.25, 0.3) is 0 Å². The first-order valence-electron chi connectivity index (χ1n) is 19.4. The Kier molecular flexibility index (Phi) is 18.9. The van der Waals surface area contributed by atoms with Crippen LogP contribution in [0.3, 0.4) is 0 Å².